The second-order valence-electron chi connectivity index (χ2n) is 5.96. The summed E-state index contributed by atoms with van der Waals surface area (Å²) in [6.07, 6.45) is 1.82. The van der Waals surface area contributed by atoms with Crippen LogP contribution in [0.15, 0.2) is 54.6 Å². The van der Waals surface area contributed by atoms with E-state index in [0.717, 1.165) is 16.9 Å². The van der Waals surface area contributed by atoms with Crippen molar-refractivity contribution < 1.29 is 9.84 Å². The number of methoxy groups -OCH3 is 1. The fourth-order valence-corrected chi connectivity index (χ4v) is 2.69. The molecule has 0 saturated heterocycles. The van der Waals surface area contributed by atoms with Gasteiger partial charge in [0.25, 0.3) is 0 Å². The normalized spacial score (nSPS) is 15.0. The van der Waals surface area contributed by atoms with Crippen LogP contribution >= 0.6 is 0 Å². The molecule has 0 unspecified atom stereocenters. The monoisotopic (exact) mass is 314 g/mol. The molecule has 0 saturated carbocycles. The zero-order valence-corrected chi connectivity index (χ0v) is 13.6. The Morgan fingerprint density at radius 2 is 1.78 bits per heavy atom. The van der Waals surface area contributed by atoms with E-state index >= 15 is 0 Å². The Hall–Kier alpha value is -1.88. The number of nitrogens with two attached hydrogens (primary N) is 2. The van der Waals surface area contributed by atoms with E-state index in [1.807, 2.05) is 54.6 Å². The minimum atomic E-state index is -1.08. The van der Waals surface area contributed by atoms with Gasteiger partial charge in [-0.3, -0.25) is 0 Å². The van der Waals surface area contributed by atoms with Crippen molar-refractivity contribution in [1.82, 2.24) is 0 Å². The van der Waals surface area contributed by atoms with Crippen molar-refractivity contribution in [2.45, 2.75) is 30.9 Å². The average molecular weight is 314 g/mol. The first kappa shape index (κ1) is 17.5. The molecule has 5 N–H and O–H groups in total. The molecule has 0 aliphatic carbocycles. The lowest BCUT2D eigenvalue weighted by atomic mass is 9.85. The van der Waals surface area contributed by atoms with E-state index < -0.39 is 11.6 Å². The van der Waals surface area contributed by atoms with Crippen LogP contribution in [-0.2, 0) is 12.8 Å². The summed E-state index contributed by atoms with van der Waals surface area (Å²) in [7, 11) is 1.64. The molecule has 0 spiro atoms. The number of rotatable bonds is 8. The second kappa shape index (κ2) is 8.11. The molecule has 0 amide bonds. The standard InChI is InChI=1S/C19H26N2O2/c1-23-17-9-5-8-16(12-17)10-11-19(22,14-20)18(21)13-15-6-3-2-4-7-15/h2-9,12,18,22H,10-11,13-14,20-21H2,1H3/t18-,19+/m0/s1. The van der Waals surface area contributed by atoms with Gasteiger partial charge in [-0.15, -0.1) is 0 Å². The highest BCUT2D eigenvalue weighted by atomic mass is 16.5. The van der Waals surface area contributed by atoms with Crippen LogP contribution in [0.25, 0.3) is 0 Å². The molecule has 0 fully saturated rings. The fraction of sp³-hybridized carbons (Fsp3) is 0.368. The lowest BCUT2D eigenvalue weighted by Gasteiger charge is -2.33. The van der Waals surface area contributed by atoms with Crippen LogP contribution in [-0.4, -0.2) is 30.4 Å². The molecule has 0 aliphatic rings. The summed E-state index contributed by atoms with van der Waals surface area (Å²) in [5, 5.41) is 10.9. The SMILES string of the molecule is COc1cccc(CC[C@@](O)(CN)[C@@H](N)Cc2ccccc2)c1. The highest BCUT2D eigenvalue weighted by Crippen LogP contribution is 2.21. The molecule has 23 heavy (non-hydrogen) atoms. The molecule has 2 aromatic carbocycles. The average Bonchev–Trinajstić information content (AvgIpc) is 2.60. The van der Waals surface area contributed by atoms with Crippen molar-refractivity contribution in [2.24, 2.45) is 11.5 Å². The highest BCUT2D eigenvalue weighted by molar-refractivity contribution is 5.28. The second-order valence-corrected chi connectivity index (χ2v) is 5.96. The van der Waals surface area contributed by atoms with Crippen LogP contribution in [0, 0.1) is 0 Å². The summed E-state index contributed by atoms with van der Waals surface area (Å²) in [5.74, 6) is 0.812. The van der Waals surface area contributed by atoms with Gasteiger partial charge in [0.1, 0.15) is 5.75 Å². The van der Waals surface area contributed by atoms with Crippen molar-refractivity contribution in [3.8, 4) is 5.75 Å². The zero-order chi connectivity index (χ0) is 16.7. The summed E-state index contributed by atoms with van der Waals surface area (Å²) >= 11 is 0. The maximum Gasteiger partial charge on any atom is 0.119 e. The van der Waals surface area contributed by atoms with E-state index in [4.69, 9.17) is 16.2 Å². The quantitative estimate of drug-likeness (QED) is 0.695. The van der Waals surface area contributed by atoms with E-state index in [0.29, 0.717) is 19.3 Å². The van der Waals surface area contributed by atoms with Crippen LogP contribution < -0.4 is 16.2 Å². The number of aliphatic hydroxyl groups is 1. The first-order valence-corrected chi connectivity index (χ1v) is 7.92. The Labute approximate surface area is 138 Å². The van der Waals surface area contributed by atoms with E-state index in [2.05, 4.69) is 0 Å². The molecule has 2 aromatic rings. The van der Waals surface area contributed by atoms with E-state index in [1.165, 1.54) is 0 Å². The predicted molar refractivity (Wildman–Crippen MR) is 93.4 cm³/mol. The van der Waals surface area contributed by atoms with Gasteiger partial charge in [0.05, 0.1) is 12.7 Å². The number of benzene rings is 2. The third-order valence-electron chi connectivity index (χ3n) is 4.32. The van der Waals surface area contributed by atoms with Gasteiger partial charge in [0.15, 0.2) is 0 Å². The van der Waals surface area contributed by atoms with Crippen LogP contribution in [0.3, 0.4) is 0 Å². The molecule has 4 nitrogen and oxygen atoms in total. The van der Waals surface area contributed by atoms with Gasteiger partial charge in [-0.05, 0) is 42.5 Å². The number of hydrogen-bond acceptors (Lipinski definition) is 4. The Balaban J connectivity index is 2.01. The molecular formula is C19H26N2O2. The summed E-state index contributed by atoms with van der Waals surface area (Å²) in [4.78, 5) is 0. The molecule has 4 heteroatoms. The van der Waals surface area contributed by atoms with Gasteiger partial charge in [0.2, 0.25) is 0 Å². The van der Waals surface area contributed by atoms with Crippen molar-refractivity contribution in [3.05, 3.63) is 65.7 Å². The Morgan fingerprint density at radius 3 is 2.43 bits per heavy atom. The van der Waals surface area contributed by atoms with Gasteiger partial charge < -0.3 is 21.3 Å². The summed E-state index contributed by atoms with van der Waals surface area (Å²) in [5.41, 5.74) is 13.2. The van der Waals surface area contributed by atoms with Gasteiger partial charge in [-0.25, -0.2) is 0 Å². The lowest BCUT2D eigenvalue weighted by Crippen LogP contribution is -2.54. The molecule has 0 radical (unpaired) electrons. The summed E-state index contributed by atoms with van der Waals surface area (Å²) in [6, 6.07) is 17.4. The van der Waals surface area contributed by atoms with E-state index in [-0.39, 0.29) is 6.54 Å². The van der Waals surface area contributed by atoms with Crippen molar-refractivity contribution in [1.29, 1.82) is 0 Å². The smallest absolute Gasteiger partial charge is 0.119 e. The summed E-state index contributed by atoms with van der Waals surface area (Å²) in [6.45, 7) is 0.144. The predicted octanol–water partition coefficient (Wildman–Crippen LogP) is 1.89. The number of ether oxygens (including phenoxy) is 1. The van der Waals surface area contributed by atoms with E-state index in [9.17, 15) is 5.11 Å². The third-order valence-corrected chi connectivity index (χ3v) is 4.32. The maximum absolute atomic E-state index is 10.9. The number of aryl methyl sites for hydroxylation is 1. The minimum absolute atomic E-state index is 0.144. The van der Waals surface area contributed by atoms with E-state index in [1.54, 1.807) is 7.11 Å². The first-order chi connectivity index (χ1) is 11.1. The molecule has 0 aromatic heterocycles. The Bertz CT molecular complexity index is 603. The third kappa shape index (κ3) is 4.79. The van der Waals surface area contributed by atoms with Crippen molar-refractivity contribution in [3.63, 3.8) is 0 Å². The lowest BCUT2D eigenvalue weighted by molar-refractivity contribution is 0.0146. The van der Waals surface area contributed by atoms with Gasteiger partial charge >= 0.3 is 0 Å². The zero-order valence-electron chi connectivity index (χ0n) is 13.6. The molecule has 2 rings (SSSR count). The van der Waals surface area contributed by atoms with Crippen LogP contribution in [0.4, 0.5) is 0 Å². The van der Waals surface area contributed by atoms with Crippen LogP contribution in [0.5, 0.6) is 5.75 Å². The van der Waals surface area contributed by atoms with Gasteiger partial charge in [-0.1, -0.05) is 42.5 Å². The van der Waals surface area contributed by atoms with Crippen molar-refractivity contribution in [2.75, 3.05) is 13.7 Å². The minimum Gasteiger partial charge on any atom is -0.497 e. The molecule has 0 heterocycles. The fourth-order valence-electron chi connectivity index (χ4n) is 2.69. The van der Waals surface area contributed by atoms with Gasteiger partial charge in [-0.2, -0.15) is 0 Å². The molecule has 124 valence electrons. The molecule has 0 bridgehead atoms. The van der Waals surface area contributed by atoms with Crippen LogP contribution in [0.2, 0.25) is 0 Å². The van der Waals surface area contributed by atoms with Crippen LogP contribution in [0.1, 0.15) is 17.5 Å². The van der Waals surface area contributed by atoms with Gasteiger partial charge in [0, 0.05) is 12.6 Å². The Morgan fingerprint density at radius 1 is 1.09 bits per heavy atom. The topological polar surface area (TPSA) is 81.5 Å². The summed E-state index contributed by atoms with van der Waals surface area (Å²) < 4.78 is 5.23. The molecular weight excluding hydrogens is 288 g/mol. The molecule has 2 atom stereocenters. The highest BCUT2D eigenvalue weighted by Gasteiger charge is 2.32. The molecule has 0 aliphatic heterocycles. The Kier molecular flexibility index (Phi) is 6.16. The number of hydrogen-bond donors (Lipinski definition) is 3. The largest absolute Gasteiger partial charge is 0.497 e. The van der Waals surface area contributed by atoms with Crippen molar-refractivity contribution >= 4 is 0 Å². The first-order valence-electron chi connectivity index (χ1n) is 7.92. The maximum atomic E-state index is 10.9.